The van der Waals surface area contributed by atoms with Crippen LogP contribution in [-0.2, 0) is 10.3 Å². The van der Waals surface area contributed by atoms with Crippen molar-refractivity contribution in [2.45, 2.75) is 26.3 Å². The SMILES string of the molecule is C=C(C)c1cccc(C(C)(C)NC(=O)N2CC=CC2=O)c1. The molecule has 2 rings (SSSR count). The molecule has 0 atom stereocenters. The van der Waals surface area contributed by atoms with Crippen LogP contribution >= 0.6 is 0 Å². The monoisotopic (exact) mass is 284 g/mol. The zero-order valence-electron chi connectivity index (χ0n) is 12.6. The molecule has 0 spiro atoms. The molecular formula is C17H20N2O2. The summed E-state index contributed by atoms with van der Waals surface area (Å²) in [7, 11) is 0. The summed E-state index contributed by atoms with van der Waals surface area (Å²) in [6.45, 7) is 10.0. The summed E-state index contributed by atoms with van der Waals surface area (Å²) in [6.07, 6.45) is 3.09. The van der Waals surface area contributed by atoms with E-state index in [9.17, 15) is 9.59 Å². The van der Waals surface area contributed by atoms with E-state index in [4.69, 9.17) is 0 Å². The molecule has 21 heavy (non-hydrogen) atoms. The van der Waals surface area contributed by atoms with Gasteiger partial charge in [0.05, 0.1) is 5.54 Å². The topological polar surface area (TPSA) is 49.4 Å². The van der Waals surface area contributed by atoms with E-state index < -0.39 is 5.54 Å². The highest BCUT2D eigenvalue weighted by atomic mass is 16.2. The first-order chi connectivity index (χ1) is 9.81. The minimum Gasteiger partial charge on any atom is -0.329 e. The van der Waals surface area contributed by atoms with E-state index in [-0.39, 0.29) is 11.9 Å². The van der Waals surface area contributed by atoms with Crippen LogP contribution in [0.1, 0.15) is 31.9 Å². The molecule has 0 bridgehead atoms. The fourth-order valence-corrected chi connectivity index (χ4v) is 2.20. The van der Waals surface area contributed by atoms with E-state index in [0.717, 1.165) is 16.7 Å². The van der Waals surface area contributed by atoms with Crippen molar-refractivity contribution in [3.05, 3.63) is 54.1 Å². The Morgan fingerprint density at radius 2 is 2.10 bits per heavy atom. The van der Waals surface area contributed by atoms with Gasteiger partial charge in [0.2, 0.25) is 0 Å². The Bertz CT molecular complexity index is 629. The smallest absolute Gasteiger partial charge is 0.325 e. The van der Waals surface area contributed by atoms with Gasteiger partial charge >= 0.3 is 6.03 Å². The third-order valence-electron chi connectivity index (χ3n) is 3.56. The van der Waals surface area contributed by atoms with Gasteiger partial charge in [0.25, 0.3) is 5.91 Å². The number of allylic oxidation sites excluding steroid dienone is 1. The number of amides is 3. The summed E-state index contributed by atoms with van der Waals surface area (Å²) >= 11 is 0. The molecule has 4 nitrogen and oxygen atoms in total. The minimum atomic E-state index is -0.578. The lowest BCUT2D eigenvalue weighted by Gasteiger charge is -2.29. The molecule has 1 heterocycles. The first-order valence-corrected chi connectivity index (χ1v) is 6.88. The van der Waals surface area contributed by atoms with Gasteiger partial charge in [-0.3, -0.25) is 9.69 Å². The van der Waals surface area contributed by atoms with Crippen molar-refractivity contribution in [1.82, 2.24) is 10.2 Å². The Labute approximate surface area is 125 Å². The highest BCUT2D eigenvalue weighted by molar-refractivity contribution is 6.02. The quantitative estimate of drug-likeness (QED) is 0.927. The molecular weight excluding hydrogens is 264 g/mol. The molecule has 0 radical (unpaired) electrons. The first kappa shape index (κ1) is 15.0. The molecule has 4 heteroatoms. The Morgan fingerprint density at radius 1 is 1.38 bits per heavy atom. The van der Waals surface area contributed by atoms with Crippen LogP contribution in [0.3, 0.4) is 0 Å². The first-order valence-electron chi connectivity index (χ1n) is 6.88. The zero-order chi connectivity index (χ0) is 15.6. The number of rotatable bonds is 3. The number of hydrogen-bond acceptors (Lipinski definition) is 2. The maximum absolute atomic E-state index is 12.2. The van der Waals surface area contributed by atoms with Gasteiger partial charge in [-0.15, -0.1) is 0 Å². The lowest BCUT2D eigenvalue weighted by molar-refractivity contribution is -0.122. The van der Waals surface area contributed by atoms with Gasteiger partial charge in [-0.2, -0.15) is 0 Å². The number of nitrogens with zero attached hydrogens (tertiary/aromatic N) is 1. The Hall–Kier alpha value is -2.36. The Morgan fingerprint density at radius 3 is 2.67 bits per heavy atom. The predicted octanol–water partition coefficient (Wildman–Crippen LogP) is 3.06. The fourth-order valence-electron chi connectivity index (χ4n) is 2.20. The van der Waals surface area contributed by atoms with Crippen molar-refractivity contribution in [2.24, 2.45) is 0 Å². The summed E-state index contributed by atoms with van der Waals surface area (Å²) in [5.41, 5.74) is 2.40. The molecule has 0 saturated carbocycles. The molecule has 0 fully saturated rings. The lowest BCUT2D eigenvalue weighted by atomic mass is 9.92. The third-order valence-corrected chi connectivity index (χ3v) is 3.56. The van der Waals surface area contributed by atoms with E-state index in [1.165, 1.54) is 11.0 Å². The maximum atomic E-state index is 12.2. The van der Waals surface area contributed by atoms with E-state index in [0.29, 0.717) is 6.54 Å². The van der Waals surface area contributed by atoms with Crippen molar-refractivity contribution in [3.8, 4) is 0 Å². The molecule has 1 aromatic carbocycles. The van der Waals surface area contributed by atoms with Gasteiger partial charge in [-0.1, -0.05) is 36.4 Å². The van der Waals surface area contributed by atoms with Crippen LogP contribution in [0.25, 0.3) is 5.57 Å². The van der Waals surface area contributed by atoms with Gasteiger partial charge < -0.3 is 5.32 Å². The number of benzene rings is 1. The van der Waals surface area contributed by atoms with Crippen molar-refractivity contribution in [3.63, 3.8) is 0 Å². The standard InChI is InChI=1S/C17H20N2O2/c1-12(2)13-7-5-8-14(11-13)17(3,4)18-16(21)19-10-6-9-15(19)20/h5-9,11H,1,10H2,2-4H3,(H,18,21). The van der Waals surface area contributed by atoms with Crippen LogP contribution in [0.5, 0.6) is 0 Å². The van der Waals surface area contributed by atoms with Gasteiger partial charge in [-0.25, -0.2) is 4.79 Å². The van der Waals surface area contributed by atoms with Crippen molar-refractivity contribution >= 4 is 17.5 Å². The molecule has 1 aliphatic rings. The molecule has 3 amide bonds. The number of carbonyl (C=O) groups excluding carboxylic acids is 2. The zero-order valence-corrected chi connectivity index (χ0v) is 12.6. The Kier molecular flexibility index (Phi) is 3.98. The van der Waals surface area contributed by atoms with Crippen LogP contribution in [0.2, 0.25) is 0 Å². The van der Waals surface area contributed by atoms with Crippen molar-refractivity contribution in [2.75, 3.05) is 6.54 Å². The van der Waals surface area contributed by atoms with Crippen LogP contribution in [0.4, 0.5) is 4.79 Å². The predicted molar refractivity (Wildman–Crippen MR) is 83.6 cm³/mol. The summed E-state index contributed by atoms with van der Waals surface area (Å²) in [4.78, 5) is 24.9. The van der Waals surface area contributed by atoms with Crippen LogP contribution in [0.15, 0.2) is 43.0 Å². The highest BCUT2D eigenvalue weighted by Crippen LogP contribution is 2.24. The largest absolute Gasteiger partial charge is 0.329 e. The number of urea groups is 1. The molecule has 0 aliphatic carbocycles. The summed E-state index contributed by atoms with van der Waals surface area (Å²) in [5, 5.41) is 2.91. The minimum absolute atomic E-state index is 0.279. The average Bonchev–Trinajstić information content (AvgIpc) is 2.85. The second kappa shape index (κ2) is 5.56. The van der Waals surface area contributed by atoms with Crippen LogP contribution in [0, 0.1) is 0 Å². The summed E-state index contributed by atoms with van der Waals surface area (Å²) in [6, 6.07) is 7.51. The number of hydrogen-bond donors (Lipinski definition) is 1. The molecule has 110 valence electrons. The van der Waals surface area contributed by atoms with E-state index in [2.05, 4.69) is 11.9 Å². The van der Waals surface area contributed by atoms with Crippen molar-refractivity contribution in [1.29, 1.82) is 0 Å². The third kappa shape index (κ3) is 3.21. The summed E-state index contributed by atoms with van der Waals surface area (Å²) < 4.78 is 0. The summed E-state index contributed by atoms with van der Waals surface area (Å²) in [5.74, 6) is -0.279. The lowest BCUT2D eigenvalue weighted by Crippen LogP contribution is -2.49. The number of imide groups is 1. The second-order valence-electron chi connectivity index (χ2n) is 5.77. The van der Waals surface area contributed by atoms with Crippen LogP contribution < -0.4 is 5.32 Å². The van der Waals surface area contributed by atoms with E-state index in [1.807, 2.05) is 45.0 Å². The fraction of sp³-hybridized carbons (Fsp3) is 0.294. The van der Waals surface area contributed by atoms with Crippen LogP contribution in [-0.4, -0.2) is 23.4 Å². The van der Waals surface area contributed by atoms with Gasteiger partial charge in [0.15, 0.2) is 0 Å². The van der Waals surface area contributed by atoms with Gasteiger partial charge in [0, 0.05) is 12.6 Å². The molecule has 0 aromatic heterocycles. The van der Waals surface area contributed by atoms with Crippen molar-refractivity contribution < 1.29 is 9.59 Å². The molecule has 0 saturated heterocycles. The normalized spacial score (nSPS) is 14.4. The van der Waals surface area contributed by atoms with E-state index in [1.54, 1.807) is 6.08 Å². The molecule has 1 aliphatic heterocycles. The van der Waals surface area contributed by atoms with E-state index >= 15 is 0 Å². The van der Waals surface area contributed by atoms with Gasteiger partial charge in [-0.05, 0) is 38.0 Å². The molecule has 0 unspecified atom stereocenters. The molecule has 1 N–H and O–H groups in total. The van der Waals surface area contributed by atoms with Gasteiger partial charge in [0.1, 0.15) is 0 Å². The Balaban J connectivity index is 2.18. The maximum Gasteiger partial charge on any atom is 0.325 e. The number of nitrogens with one attached hydrogen (secondary N) is 1. The molecule has 1 aromatic rings. The average molecular weight is 284 g/mol. The second-order valence-corrected chi connectivity index (χ2v) is 5.77. The number of carbonyl (C=O) groups is 2. The highest BCUT2D eigenvalue weighted by Gasteiger charge is 2.29.